The van der Waals surface area contributed by atoms with Crippen molar-refractivity contribution in [1.82, 2.24) is 9.97 Å². The Kier molecular flexibility index (Phi) is 5.16. The third kappa shape index (κ3) is 3.51. The molecule has 0 aliphatic carbocycles. The van der Waals surface area contributed by atoms with E-state index in [1.807, 2.05) is 24.3 Å². The van der Waals surface area contributed by atoms with Crippen molar-refractivity contribution >= 4 is 11.6 Å². The van der Waals surface area contributed by atoms with E-state index in [2.05, 4.69) is 20.7 Å². The number of aromatic nitrogens is 2. The van der Waals surface area contributed by atoms with Crippen LogP contribution in [0.2, 0.25) is 0 Å². The van der Waals surface area contributed by atoms with Gasteiger partial charge < -0.3 is 20.2 Å². The van der Waals surface area contributed by atoms with Gasteiger partial charge >= 0.3 is 0 Å². The molecule has 0 unspecified atom stereocenters. The SMILES string of the molecule is COc1ccccc1CCNc1ncnc(NN)c1OC. The number of benzene rings is 1. The molecule has 21 heavy (non-hydrogen) atoms. The second-order valence-electron chi connectivity index (χ2n) is 4.24. The molecule has 0 fully saturated rings. The summed E-state index contributed by atoms with van der Waals surface area (Å²) in [5.74, 6) is 7.78. The van der Waals surface area contributed by atoms with Gasteiger partial charge in [-0.2, -0.15) is 0 Å². The largest absolute Gasteiger partial charge is 0.496 e. The summed E-state index contributed by atoms with van der Waals surface area (Å²) in [6.07, 6.45) is 2.21. The van der Waals surface area contributed by atoms with E-state index in [0.29, 0.717) is 23.9 Å². The highest BCUT2D eigenvalue weighted by Crippen LogP contribution is 2.28. The number of nitrogens with one attached hydrogen (secondary N) is 2. The normalized spacial score (nSPS) is 10.0. The van der Waals surface area contributed by atoms with Crippen molar-refractivity contribution in [2.24, 2.45) is 5.84 Å². The number of rotatable bonds is 7. The average molecular weight is 289 g/mol. The molecular formula is C14H19N5O2. The first-order valence-corrected chi connectivity index (χ1v) is 6.51. The summed E-state index contributed by atoms with van der Waals surface area (Å²) in [6, 6.07) is 7.91. The molecule has 0 bridgehead atoms. The van der Waals surface area contributed by atoms with E-state index in [0.717, 1.165) is 17.7 Å². The first-order valence-electron chi connectivity index (χ1n) is 6.51. The van der Waals surface area contributed by atoms with Crippen molar-refractivity contribution in [3.05, 3.63) is 36.2 Å². The number of methoxy groups -OCH3 is 2. The molecular weight excluding hydrogens is 270 g/mol. The molecule has 0 spiro atoms. The number of hydrogen-bond acceptors (Lipinski definition) is 7. The summed E-state index contributed by atoms with van der Waals surface area (Å²) >= 11 is 0. The van der Waals surface area contributed by atoms with Crippen molar-refractivity contribution in [3.8, 4) is 11.5 Å². The van der Waals surface area contributed by atoms with E-state index >= 15 is 0 Å². The maximum Gasteiger partial charge on any atom is 0.205 e. The van der Waals surface area contributed by atoms with Gasteiger partial charge in [-0.25, -0.2) is 15.8 Å². The summed E-state index contributed by atoms with van der Waals surface area (Å²) in [5.41, 5.74) is 3.60. The van der Waals surface area contributed by atoms with Gasteiger partial charge in [0.1, 0.15) is 12.1 Å². The first kappa shape index (κ1) is 14.9. The molecule has 1 aromatic carbocycles. The van der Waals surface area contributed by atoms with Crippen LogP contribution >= 0.6 is 0 Å². The molecule has 2 rings (SSSR count). The Bertz CT molecular complexity index is 591. The lowest BCUT2D eigenvalue weighted by atomic mass is 10.1. The summed E-state index contributed by atoms with van der Waals surface area (Å²) in [4.78, 5) is 8.15. The molecule has 2 aromatic rings. The average Bonchev–Trinajstić information content (AvgIpc) is 2.54. The smallest absolute Gasteiger partial charge is 0.205 e. The lowest BCUT2D eigenvalue weighted by molar-refractivity contribution is 0.409. The lowest BCUT2D eigenvalue weighted by Gasteiger charge is -2.13. The molecule has 7 heteroatoms. The van der Waals surface area contributed by atoms with Gasteiger partial charge in [0.05, 0.1) is 14.2 Å². The Morgan fingerprint density at radius 2 is 1.86 bits per heavy atom. The molecule has 0 saturated heterocycles. The summed E-state index contributed by atoms with van der Waals surface area (Å²) in [6.45, 7) is 0.678. The van der Waals surface area contributed by atoms with Crippen LogP contribution in [0, 0.1) is 0 Å². The third-order valence-electron chi connectivity index (χ3n) is 3.02. The zero-order valence-corrected chi connectivity index (χ0v) is 12.1. The lowest BCUT2D eigenvalue weighted by Crippen LogP contribution is -2.13. The molecule has 4 N–H and O–H groups in total. The summed E-state index contributed by atoms with van der Waals surface area (Å²) in [5, 5.41) is 3.21. The van der Waals surface area contributed by atoms with Crippen LogP contribution in [0.15, 0.2) is 30.6 Å². The van der Waals surface area contributed by atoms with Crippen LogP contribution in [-0.2, 0) is 6.42 Å². The fourth-order valence-electron chi connectivity index (χ4n) is 2.02. The number of nitrogens with zero attached hydrogens (tertiary/aromatic N) is 2. The summed E-state index contributed by atoms with van der Waals surface area (Å²) < 4.78 is 10.6. The number of para-hydroxylation sites is 1. The monoisotopic (exact) mass is 289 g/mol. The van der Waals surface area contributed by atoms with Crippen molar-refractivity contribution in [3.63, 3.8) is 0 Å². The Balaban J connectivity index is 2.04. The topological polar surface area (TPSA) is 94.3 Å². The standard InChI is InChI=1S/C14H19N5O2/c1-20-11-6-4-3-5-10(11)7-8-16-13-12(21-2)14(19-15)18-9-17-13/h3-6,9H,7-8,15H2,1-2H3,(H2,16,17,18,19). The molecule has 7 nitrogen and oxygen atoms in total. The van der Waals surface area contributed by atoms with Crippen LogP contribution in [0.5, 0.6) is 11.5 Å². The van der Waals surface area contributed by atoms with E-state index in [1.165, 1.54) is 6.33 Å². The van der Waals surface area contributed by atoms with Gasteiger partial charge in [0.2, 0.25) is 5.75 Å². The molecule has 0 amide bonds. The van der Waals surface area contributed by atoms with E-state index in [9.17, 15) is 0 Å². The predicted molar refractivity (Wildman–Crippen MR) is 81.6 cm³/mol. The Morgan fingerprint density at radius 1 is 1.10 bits per heavy atom. The minimum Gasteiger partial charge on any atom is -0.496 e. The number of anilines is 2. The number of hydrogen-bond donors (Lipinski definition) is 3. The molecule has 1 aromatic heterocycles. The van der Waals surface area contributed by atoms with Crippen LogP contribution in [0.3, 0.4) is 0 Å². The van der Waals surface area contributed by atoms with Crippen molar-refractivity contribution in [2.45, 2.75) is 6.42 Å². The predicted octanol–water partition coefficient (Wildman–Crippen LogP) is 1.43. The fourth-order valence-corrected chi connectivity index (χ4v) is 2.02. The zero-order chi connectivity index (χ0) is 15.1. The van der Waals surface area contributed by atoms with Gasteiger partial charge in [-0.3, -0.25) is 0 Å². The van der Waals surface area contributed by atoms with E-state index in [4.69, 9.17) is 15.3 Å². The maximum absolute atomic E-state index is 5.39. The van der Waals surface area contributed by atoms with Crippen molar-refractivity contribution in [2.75, 3.05) is 31.5 Å². The van der Waals surface area contributed by atoms with Crippen molar-refractivity contribution in [1.29, 1.82) is 0 Å². The van der Waals surface area contributed by atoms with Crippen LogP contribution in [0.1, 0.15) is 5.56 Å². The van der Waals surface area contributed by atoms with Gasteiger partial charge in [-0.05, 0) is 18.1 Å². The Labute approximate surface area is 123 Å². The highest BCUT2D eigenvalue weighted by atomic mass is 16.5. The Hall–Kier alpha value is -2.54. The third-order valence-corrected chi connectivity index (χ3v) is 3.02. The minimum absolute atomic E-state index is 0.437. The quantitative estimate of drug-likeness (QED) is 0.524. The highest BCUT2D eigenvalue weighted by Gasteiger charge is 2.11. The molecule has 0 aliphatic heterocycles. The fraction of sp³-hybridized carbons (Fsp3) is 0.286. The molecule has 0 radical (unpaired) electrons. The number of nitrogen functional groups attached to an aromatic ring is 1. The van der Waals surface area contributed by atoms with Gasteiger partial charge in [0, 0.05) is 6.54 Å². The maximum atomic E-state index is 5.39. The molecule has 1 heterocycles. The number of hydrazine groups is 1. The van der Waals surface area contributed by atoms with Gasteiger partial charge in [0.25, 0.3) is 0 Å². The van der Waals surface area contributed by atoms with Gasteiger partial charge in [0.15, 0.2) is 11.6 Å². The van der Waals surface area contributed by atoms with E-state index in [1.54, 1.807) is 14.2 Å². The molecule has 112 valence electrons. The van der Waals surface area contributed by atoms with Crippen LogP contribution in [-0.4, -0.2) is 30.7 Å². The Morgan fingerprint density at radius 3 is 2.57 bits per heavy atom. The van der Waals surface area contributed by atoms with Crippen molar-refractivity contribution < 1.29 is 9.47 Å². The second kappa shape index (κ2) is 7.30. The van der Waals surface area contributed by atoms with Crippen LogP contribution in [0.4, 0.5) is 11.6 Å². The minimum atomic E-state index is 0.437. The molecule has 0 saturated carbocycles. The van der Waals surface area contributed by atoms with Crippen LogP contribution in [0.25, 0.3) is 0 Å². The zero-order valence-electron chi connectivity index (χ0n) is 12.1. The number of nitrogens with two attached hydrogens (primary N) is 1. The molecule has 0 aliphatic rings. The van der Waals surface area contributed by atoms with Crippen LogP contribution < -0.4 is 26.1 Å². The van der Waals surface area contributed by atoms with E-state index in [-0.39, 0.29) is 0 Å². The highest BCUT2D eigenvalue weighted by molar-refractivity contribution is 5.63. The summed E-state index contributed by atoms with van der Waals surface area (Å²) in [7, 11) is 3.21. The first-order chi connectivity index (χ1) is 10.3. The van der Waals surface area contributed by atoms with E-state index < -0.39 is 0 Å². The number of ether oxygens (including phenoxy) is 2. The van der Waals surface area contributed by atoms with Gasteiger partial charge in [-0.15, -0.1) is 0 Å². The second-order valence-corrected chi connectivity index (χ2v) is 4.24. The van der Waals surface area contributed by atoms with Gasteiger partial charge in [-0.1, -0.05) is 18.2 Å². The molecule has 0 atom stereocenters.